The highest BCUT2D eigenvalue weighted by molar-refractivity contribution is 8.26. The van der Waals surface area contributed by atoms with Gasteiger partial charge in [-0.25, -0.2) is 9.83 Å². The molecule has 106 valence electrons. The van der Waals surface area contributed by atoms with Crippen molar-refractivity contribution in [2.45, 2.75) is 26.6 Å². The molecule has 0 spiro atoms. The van der Waals surface area contributed by atoms with Gasteiger partial charge >= 0.3 is 5.82 Å². The van der Waals surface area contributed by atoms with Crippen LogP contribution in [0.3, 0.4) is 0 Å². The highest BCUT2D eigenvalue weighted by atomic mass is 32.2. The molecule has 1 aromatic heterocycles. The normalized spacial score (nSPS) is 17.1. The van der Waals surface area contributed by atoms with Crippen LogP contribution in [-0.4, -0.2) is 4.98 Å². The molecule has 3 heterocycles. The number of allylic oxidation sites excluding steroid dienone is 1. The van der Waals surface area contributed by atoms with Gasteiger partial charge in [0, 0.05) is 4.90 Å². The molecular formula is C13H3FN4S4. The fourth-order valence-electron chi connectivity index (χ4n) is 1.63. The van der Waals surface area contributed by atoms with Crippen molar-refractivity contribution in [3.63, 3.8) is 0 Å². The van der Waals surface area contributed by atoms with E-state index in [0.717, 1.165) is 25.8 Å². The number of pyridine rings is 1. The van der Waals surface area contributed by atoms with Gasteiger partial charge in [0.05, 0.1) is 20.6 Å². The minimum absolute atomic E-state index is 0.0223. The Balaban J connectivity index is 2.12. The number of nitrogens with zero attached hydrogens (tertiary/aromatic N) is 4. The number of hydrogen-bond acceptors (Lipinski definition) is 5. The average molecular weight is 362 g/mol. The third kappa shape index (κ3) is 2.39. The van der Waals surface area contributed by atoms with Crippen molar-refractivity contribution in [1.29, 1.82) is 0 Å². The third-order valence-corrected chi connectivity index (χ3v) is 7.99. The number of hydrogen-bond donors (Lipinski definition) is 0. The fourth-order valence-corrected chi connectivity index (χ4v) is 6.66. The molecule has 0 aromatic carbocycles. The lowest BCUT2D eigenvalue weighted by atomic mass is 10.5. The van der Waals surface area contributed by atoms with Gasteiger partial charge in [0.1, 0.15) is 22.4 Å². The molecule has 4 nitrogen and oxygen atoms in total. The Morgan fingerprint density at radius 2 is 1.55 bits per heavy atom. The number of fused-ring (bicyclic) bond motifs is 3. The van der Waals surface area contributed by atoms with Crippen LogP contribution in [0, 0.1) is 25.7 Å². The van der Waals surface area contributed by atoms with Crippen LogP contribution in [0.2, 0.25) is 0 Å². The number of aromatic nitrogens is 1. The van der Waals surface area contributed by atoms with Crippen molar-refractivity contribution >= 4 is 47.0 Å². The molecule has 2 aliphatic rings. The average Bonchev–Trinajstić information content (AvgIpc) is 3.12. The van der Waals surface area contributed by atoms with E-state index in [1.165, 1.54) is 35.3 Å². The molecule has 0 amide bonds. The fraction of sp³-hybridized carbons (Fsp3) is 0.0769. The summed E-state index contributed by atoms with van der Waals surface area (Å²) in [5, 5.41) is 0.482. The van der Waals surface area contributed by atoms with Gasteiger partial charge in [-0.05, 0) is 6.92 Å². The Kier molecular flexibility index (Phi) is 4.12. The van der Waals surface area contributed by atoms with Gasteiger partial charge in [0.2, 0.25) is 5.95 Å². The summed E-state index contributed by atoms with van der Waals surface area (Å²) in [5.74, 6) is -0.591. The summed E-state index contributed by atoms with van der Waals surface area (Å²) in [6, 6.07) is 0. The first kappa shape index (κ1) is 15.3. The lowest BCUT2D eigenvalue weighted by Crippen LogP contribution is -1.90. The maximum absolute atomic E-state index is 14.2. The molecule has 0 fully saturated rings. The van der Waals surface area contributed by atoms with E-state index in [1.54, 1.807) is 6.92 Å². The second-order valence-electron chi connectivity index (χ2n) is 3.92. The second-order valence-corrected chi connectivity index (χ2v) is 8.50. The van der Waals surface area contributed by atoms with E-state index in [2.05, 4.69) is 19.5 Å². The monoisotopic (exact) mass is 362 g/mol. The number of rotatable bonds is 0. The summed E-state index contributed by atoms with van der Waals surface area (Å²) in [5.41, 5.74) is 0.522. The number of thioether (sulfide) groups is 4. The lowest BCUT2D eigenvalue weighted by molar-refractivity contribution is 0.528. The third-order valence-electron chi connectivity index (χ3n) is 2.62. The van der Waals surface area contributed by atoms with Crippen LogP contribution in [0.5, 0.6) is 0 Å². The first-order chi connectivity index (χ1) is 10.6. The van der Waals surface area contributed by atoms with Crippen LogP contribution < -0.4 is 0 Å². The SMILES string of the molecule is [C-]#[N+]C([N+]#[C-])=C1Sc2nc(F)c3c(c2S1)S/C(=C(/C)[N+]#[C-])S3. The minimum Gasteiger partial charge on any atom is -0.241 e. The predicted octanol–water partition coefficient (Wildman–Crippen LogP) is 5.69. The summed E-state index contributed by atoms with van der Waals surface area (Å²) in [6.45, 7) is 22.8. The largest absolute Gasteiger partial charge is 0.540 e. The zero-order valence-corrected chi connectivity index (χ0v) is 14.1. The van der Waals surface area contributed by atoms with E-state index < -0.39 is 5.95 Å². The predicted molar refractivity (Wildman–Crippen MR) is 87.2 cm³/mol. The van der Waals surface area contributed by atoms with E-state index in [4.69, 9.17) is 19.7 Å². The van der Waals surface area contributed by atoms with E-state index in [0.29, 0.717) is 19.9 Å². The van der Waals surface area contributed by atoms with Gasteiger partial charge in [-0.1, -0.05) is 47.0 Å². The summed E-state index contributed by atoms with van der Waals surface area (Å²) < 4.78 is 15.5. The van der Waals surface area contributed by atoms with E-state index in [-0.39, 0.29) is 5.82 Å². The molecule has 0 radical (unpaired) electrons. The van der Waals surface area contributed by atoms with E-state index >= 15 is 0 Å². The first-order valence-electron chi connectivity index (χ1n) is 5.61. The Morgan fingerprint density at radius 3 is 2.18 bits per heavy atom. The first-order valence-corrected chi connectivity index (χ1v) is 8.88. The maximum atomic E-state index is 14.2. The van der Waals surface area contributed by atoms with Gasteiger partial charge in [0.25, 0.3) is 0 Å². The van der Waals surface area contributed by atoms with Crippen LogP contribution in [0.25, 0.3) is 14.5 Å². The standard InChI is InChI=1S/C13H3FN4S4/c1-5(15-2)12-19-6-7(20-12)9(14)18-11-8(6)21-13(22-11)10(16-3)17-4/h1H3/b12-5+. The Morgan fingerprint density at radius 1 is 0.909 bits per heavy atom. The second kappa shape index (κ2) is 5.91. The molecule has 0 saturated heterocycles. The van der Waals surface area contributed by atoms with Crippen molar-refractivity contribution in [2.24, 2.45) is 0 Å². The molecule has 0 saturated carbocycles. The Hall–Kier alpha value is -1.57. The minimum atomic E-state index is -0.569. The van der Waals surface area contributed by atoms with Crippen LogP contribution in [-0.2, 0) is 0 Å². The topological polar surface area (TPSA) is 26.0 Å². The quantitative estimate of drug-likeness (QED) is 0.436. The lowest BCUT2D eigenvalue weighted by Gasteiger charge is -2.02. The van der Waals surface area contributed by atoms with Crippen molar-refractivity contribution in [1.82, 2.24) is 4.98 Å². The Labute approximate surface area is 143 Å². The summed E-state index contributed by atoms with van der Waals surface area (Å²) >= 11 is 5.00. The molecule has 0 atom stereocenters. The van der Waals surface area contributed by atoms with Crippen LogP contribution in [0.1, 0.15) is 6.92 Å². The molecule has 2 aliphatic heterocycles. The van der Waals surface area contributed by atoms with Crippen LogP contribution >= 0.6 is 47.0 Å². The van der Waals surface area contributed by atoms with Crippen molar-refractivity contribution in [3.05, 3.63) is 60.2 Å². The smallest absolute Gasteiger partial charge is 0.241 e. The molecule has 0 unspecified atom stereocenters. The molecular weight excluding hydrogens is 359 g/mol. The number of halogens is 1. The maximum Gasteiger partial charge on any atom is 0.540 e. The van der Waals surface area contributed by atoms with Gasteiger partial charge in [0.15, 0.2) is 5.70 Å². The van der Waals surface area contributed by atoms with Gasteiger partial charge < -0.3 is 0 Å². The van der Waals surface area contributed by atoms with Crippen molar-refractivity contribution in [2.75, 3.05) is 0 Å². The van der Waals surface area contributed by atoms with Crippen LogP contribution in [0.4, 0.5) is 4.39 Å². The molecule has 1 aromatic rings. The zero-order chi connectivity index (χ0) is 15.9. The highest BCUT2D eigenvalue weighted by Gasteiger charge is 2.36. The van der Waals surface area contributed by atoms with E-state index in [9.17, 15) is 4.39 Å². The highest BCUT2D eigenvalue weighted by Crippen LogP contribution is 2.62. The van der Waals surface area contributed by atoms with Crippen molar-refractivity contribution in [3.8, 4) is 0 Å². The zero-order valence-electron chi connectivity index (χ0n) is 10.8. The van der Waals surface area contributed by atoms with Gasteiger partial charge in [-0.2, -0.15) is 14.1 Å². The van der Waals surface area contributed by atoms with E-state index in [1.807, 2.05) is 0 Å². The summed E-state index contributed by atoms with van der Waals surface area (Å²) in [4.78, 5) is 15.6. The molecule has 0 bridgehead atoms. The molecule has 0 aliphatic carbocycles. The van der Waals surface area contributed by atoms with Gasteiger partial charge in [-0.3, -0.25) is 0 Å². The molecule has 3 rings (SSSR count). The molecule has 22 heavy (non-hydrogen) atoms. The Bertz CT molecular complexity index is 883. The van der Waals surface area contributed by atoms with Gasteiger partial charge in [-0.15, -0.1) is 0 Å². The molecule has 0 N–H and O–H groups in total. The molecule has 9 heteroatoms. The van der Waals surface area contributed by atoms with Crippen molar-refractivity contribution < 1.29 is 4.39 Å². The summed E-state index contributed by atoms with van der Waals surface area (Å²) in [6.07, 6.45) is 0. The van der Waals surface area contributed by atoms with Crippen LogP contribution in [0.15, 0.2) is 39.7 Å². The summed E-state index contributed by atoms with van der Waals surface area (Å²) in [7, 11) is 0.